The molecule has 0 spiro atoms. The molecule has 0 fully saturated rings. The van der Waals surface area contributed by atoms with Gasteiger partial charge in [0.2, 0.25) is 0 Å². The summed E-state index contributed by atoms with van der Waals surface area (Å²) in [7, 11) is 1.78. The first kappa shape index (κ1) is 23.2. The molecule has 4 aromatic rings. The molecular weight excluding hydrogens is 459 g/mol. The summed E-state index contributed by atoms with van der Waals surface area (Å²) in [6.45, 7) is 3.72. The lowest BCUT2D eigenvalue weighted by Gasteiger charge is -2.19. The zero-order valence-corrected chi connectivity index (χ0v) is 19.9. The van der Waals surface area contributed by atoms with Gasteiger partial charge in [-0.15, -0.1) is 0 Å². The maximum atomic E-state index is 14.0. The number of nitrogens with one attached hydrogen (secondary N) is 1. The van der Waals surface area contributed by atoms with Crippen molar-refractivity contribution in [2.75, 3.05) is 4.90 Å². The fourth-order valence-corrected chi connectivity index (χ4v) is 4.41. The van der Waals surface area contributed by atoms with Gasteiger partial charge >= 0.3 is 0 Å². The molecule has 8 heteroatoms. The number of imidazole rings is 1. The van der Waals surface area contributed by atoms with Gasteiger partial charge in [-0.05, 0) is 66.9 Å². The van der Waals surface area contributed by atoms with Crippen LogP contribution in [0, 0.1) is 19.7 Å². The highest BCUT2D eigenvalue weighted by Crippen LogP contribution is 2.32. The summed E-state index contributed by atoms with van der Waals surface area (Å²) in [6.07, 6.45) is 3.32. The van der Waals surface area contributed by atoms with E-state index in [9.17, 15) is 18.8 Å². The molecule has 3 amide bonds. The number of amides is 3. The van der Waals surface area contributed by atoms with Gasteiger partial charge in [0.1, 0.15) is 17.7 Å². The van der Waals surface area contributed by atoms with Crippen LogP contribution < -0.4 is 10.2 Å². The highest BCUT2D eigenvalue weighted by atomic mass is 19.1. The van der Waals surface area contributed by atoms with Crippen LogP contribution in [0.15, 0.2) is 73.1 Å². The molecule has 7 nitrogen and oxygen atoms in total. The van der Waals surface area contributed by atoms with Crippen molar-refractivity contribution in [3.05, 3.63) is 118 Å². The minimum Gasteiger partial charge on any atom is -0.338 e. The Labute approximate surface area is 207 Å². The van der Waals surface area contributed by atoms with Crippen molar-refractivity contribution in [2.24, 2.45) is 7.05 Å². The SMILES string of the molecule is Cc1ccc(C)c(N2C(=O)c3ccc(C(=O)NC(c4cccc(F)c4)c4nccn4C)cc3C2=O)c1. The second kappa shape index (κ2) is 8.88. The number of carbonyl (C=O) groups excluding carboxylic acids is 3. The maximum absolute atomic E-state index is 14.0. The van der Waals surface area contributed by atoms with Crippen molar-refractivity contribution in [1.82, 2.24) is 14.9 Å². The van der Waals surface area contributed by atoms with Gasteiger partial charge in [0.15, 0.2) is 0 Å². The Morgan fingerprint density at radius 1 is 0.972 bits per heavy atom. The first-order chi connectivity index (χ1) is 17.2. The normalized spacial score (nSPS) is 13.6. The summed E-state index contributed by atoms with van der Waals surface area (Å²) < 4.78 is 15.7. The number of fused-ring (bicyclic) bond motifs is 1. The van der Waals surface area contributed by atoms with E-state index in [1.807, 2.05) is 26.0 Å². The molecule has 5 rings (SSSR count). The first-order valence-corrected chi connectivity index (χ1v) is 11.4. The Morgan fingerprint density at radius 3 is 2.47 bits per heavy atom. The zero-order chi connectivity index (χ0) is 25.6. The number of hydrogen-bond donors (Lipinski definition) is 1. The monoisotopic (exact) mass is 482 g/mol. The van der Waals surface area contributed by atoms with Crippen LogP contribution >= 0.6 is 0 Å². The van der Waals surface area contributed by atoms with Crippen LogP contribution in [0.4, 0.5) is 10.1 Å². The Morgan fingerprint density at radius 2 is 1.75 bits per heavy atom. The Balaban J connectivity index is 1.48. The Bertz CT molecular complexity index is 1540. The highest BCUT2D eigenvalue weighted by molar-refractivity contribution is 6.35. The molecule has 0 saturated heterocycles. The van der Waals surface area contributed by atoms with E-state index in [1.165, 1.54) is 30.3 Å². The van der Waals surface area contributed by atoms with E-state index in [2.05, 4.69) is 10.3 Å². The number of aryl methyl sites for hydroxylation is 3. The fourth-order valence-electron chi connectivity index (χ4n) is 4.41. The van der Waals surface area contributed by atoms with Crippen molar-refractivity contribution in [3.8, 4) is 0 Å². The Kier molecular flexibility index (Phi) is 5.72. The van der Waals surface area contributed by atoms with E-state index in [4.69, 9.17) is 0 Å². The van der Waals surface area contributed by atoms with Crippen molar-refractivity contribution in [3.63, 3.8) is 0 Å². The summed E-state index contributed by atoms with van der Waals surface area (Å²) in [5.74, 6) is -1.32. The average Bonchev–Trinajstić information content (AvgIpc) is 3.39. The van der Waals surface area contributed by atoms with E-state index in [-0.39, 0.29) is 16.7 Å². The number of imide groups is 1. The van der Waals surface area contributed by atoms with Crippen LogP contribution in [0.25, 0.3) is 0 Å². The van der Waals surface area contributed by atoms with Gasteiger partial charge in [-0.1, -0.05) is 24.3 Å². The minimum absolute atomic E-state index is 0.160. The average molecular weight is 483 g/mol. The summed E-state index contributed by atoms with van der Waals surface area (Å²) >= 11 is 0. The molecule has 1 aromatic heterocycles. The predicted octanol–water partition coefficient (Wildman–Crippen LogP) is 4.50. The summed E-state index contributed by atoms with van der Waals surface area (Å²) in [5, 5.41) is 2.90. The Hall–Kier alpha value is -4.59. The number of benzene rings is 3. The molecule has 1 aliphatic heterocycles. The molecule has 0 aliphatic carbocycles. The van der Waals surface area contributed by atoms with E-state index in [1.54, 1.807) is 42.2 Å². The van der Waals surface area contributed by atoms with Gasteiger partial charge in [-0.3, -0.25) is 14.4 Å². The van der Waals surface area contributed by atoms with Crippen LogP contribution in [0.2, 0.25) is 0 Å². The third-order valence-electron chi connectivity index (χ3n) is 6.33. The quantitative estimate of drug-likeness (QED) is 0.425. The maximum Gasteiger partial charge on any atom is 0.266 e. The number of aromatic nitrogens is 2. The van der Waals surface area contributed by atoms with Gasteiger partial charge < -0.3 is 9.88 Å². The number of halogens is 1. The molecule has 1 unspecified atom stereocenters. The smallest absolute Gasteiger partial charge is 0.266 e. The van der Waals surface area contributed by atoms with E-state index in [0.29, 0.717) is 17.1 Å². The molecular formula is C28H23FN4O3. The van der Waals surface area contributed by atoms with Crippen LogP contribution in [0.5, 0.6) is 0 Å². The van der Waals surface area contributed by atoms with Crippen molar-refractivity contribution < 1.29 is 18.8 Å². The number of rotatable bonds is 5. The van der Waals surface area contributed by atoms with Crippen LogP contribution in [-0.2, 0) is 7.05 Å². The van der Waals surface area contributed by atoms with Crippen molar-refractivity contribution >= 4 is 23.4 Å². The molecule has 3 aromatic carbocycles. The van der Waals surface area contributed by atoms with Crippen molar-refractivity contribution in [1.29, 1.82) is 0 Å². The molecule has 1 aliphatic rings. The number of anilines is 1. The number of carbonyl (C=O) groups is 3. The summed E-state index contributed by atoms with van der Waals surface area (Å²) in [5.41, 5.74) is 3.36. The lowest BCUT2D eigenvalue weighted by Crippen LogP contribution is -2.31. The molecule has 0 saturated carbocycles. The predicted molar refractivity (Wildman–Crippen MR) is 132 cm³/mol. The van der Waals surface area contributed by atoms with Gasteiger partial charge in [-0.25, -0.2) is 14.3 Å². The number of hydrogen-bond acceptors (Lipinski definition) is 4. The van der Waals surface area contributed by atoms with Crippen LogP contribution in [-0.4, -0.2) is 27.3 Å². The molecule has 0 bridgehead atoms. The lowest BCUT2D eigenvalue weighted by atomic mass is 10.0. The zero-order valence-electron chi connectivity index (χ0n) is 19.9. The van der Waals surface area contributed by atoms with Gasteiger partial charge in [-0.2, -0.15) is 0 Å². The number of nitrogens with zero attached hydrogens (tertiary/aromatic N) is 3. The molecule has 180 valence electrons. The highest BCUT2D eigenvalue weighted by Gasteiger charge is 2.38. The minimum atomic E-state index is -0.731. The summed E-state index contributed by atoms with van der Waals surface area (Å²) in [4.78, 5) is 45.2. The third kappa shape index (κ3) is 3.96. The standard InChI is InChI=1S/C28H23FN4O3/c1-16-7-8-17(2)23(13-16)33-27(35)21-10-9-19(15-22(21)28(33)36)26(34)31-24(25-30-11-12-32(25)3)18-5-4-6-20(29)14-18/h4-15,24H,1-3H3,(H,31,34). The van der Waals surface area contributed by atoms with E-state index < -0.39 is 29.6 Å². The summed E-state index contributed by atoms with van der Waals surface area (Å²) in [6, 6.07) is 15.2. The van der Waals surface area contributed by atoms with Crippen LogP contribution in [0.3, 0.4) is 0 Å². The second-order valence-corrected chi connectivity index (χ2v) is 8.85. The van der Waals surface area contributed by atoms with Crippen molar-refractivity contribution in [2.45, 2.75) is 19.9 Å². The molecule has 2 heterocycles. The largest absolute Gasteiger partial charge is 0.338 e. The second-order valence-electron chi connectivity index (χ2n) is 8.85. The third-order valence-corrected chi connectivity index (χ3v) is 6.33. The van der Waals surface area contributed by atoms with Gasteiger partial charge in [0.05, 0.1) is 16.8 Å². The van der Waals surface area contributed by atoms with Gasteiger partial charge in [0, 0.05) is 25.0 Å². The lowest BCUT2D eigenvalue weighted by molar-refractivity contribution is 0.0922. The fraction of sp³-hybridized carbons (Fsp3) is 0.143. The molecule has 1 N–H and O–H groups in total. The van der Waals surface area contributed by atoms with E-state index in [0.717, 1.165) is 16.0 Å². The first-order valence-electron chi connectivity index (χ1n) is 11.4. The molecule has 1 atom stereocenters. The topological polar surface area (TPSA) is 84.3 Å². The van der Waals surface area contributed by atoms with E-state index >= 15 is 0 Å². The van der Waals surface area contributed by atoms with Gasteiger partial charge in [0.25, 0.3) is 17.7 Å². The molecule has 36 heavy (non-hydrogen) atoms. The molecule has 0 radical (unpaired) electrons. The van der Waals surface area contributed by atoms with Crippen LogP contribution in [0.1, 0.15) is 59.6 Å².